The molecule has 2 heterocycles. The molecule has 0 aliphatic carbocycles. The number of nitrogens with one attached hydrogen (secondary N) is 1. The van der Waals surface area contributed by atoms with Crippen molar-refractivity contribution in [3.05, 3.63) is 22.7 Å². The monoisotopic (exact) mass is 227 g/mol. The Labute approximate surface area is 91.3 Å². The third kappa shape index (κ3) is 2.06. The predicted octanol–water partition coefficient (Wildman–Crippen LogP) is -0.286. The van der Waals surface area contributed by atoms with Crippen LogP contribution in [-0.4, -0.2) is 32.6 Å². The van der Waals surface area contributed by atoms with E-state index in [1.165, 1.54) is 16.8 Å². The fraction of sp³-hybridized carbons (Fsp3) is 0.556. The molecule has 2 atom stereocenters. The summed E-state index contributed by atoms with van der Waals surface area (Å²) in [5, 5.41) is 17.5. The minimum atomic E-state index is -0.498. The minimum Gasteiger partial charge on any atom is -0.394 e. The molecule has 1 aromatic rings. The number of aromatic nitrogens is 2. The van der Waals surface area contributed by atoms with Gasteiger partial charge >= 0.3 is 5.69 Å². The first-order chi connectivity index (χ1) is 7.74. The Morgan fingerprint density at radius 2 is 2.44 bits per heavy atom. The second-order valence-electron chi connectivity index (χ2n) is 3.59. The number of aliphatic hydroxyl groups is 1. The molecular weight excluding hydrogens is 214 g/mol. The highest BCUT2D eigenvalue weighted by Crippen LogP contribution is 2.26. The number of aliphatic hydroxyl groups excluding tert-OH is 1. The molecule has 0 radical (unpaired) electrons. The van der Waals surface area contributed by atoms with E-state index in [4.69, 9.17) is 15.1 Å². The topological polar surface area (TPSA) is 96.6 Å². The summed E-state index contributed by atoms with van der Waals surface area (Å²) in [6.45, 7) is -0.0467. The average Bonchev–Trinajstić information content (AvgIpc) is 2.77. The molecule has 0 spiro atoms. The predicted molar refractivity (Wildman–Crippen MR) is 54.1 cm³/mol. The molecule has 0 unspecified atom stereocenters. The van der Waals surface area contributed by atoms with E-state index in [9.17, 15) is 4.79 Å². The standard InChI is InChI=1S/C9H13N3O4/c13-5-6-1-2-8(16-6)12-4-3-7(11-15)10-9(12)14/h3-4,6,8,13,15H,1-2,5H2,(H,10,11,14)/t6-,8-/m1/s1. The molecule has 1 aliphatic rings. The van der Waals surface area contributed by atoms with Crippen LogP contribution in [0.25, 0.3) is 0 Å². The number of hydrogen-bond acceptors (Lipinski definition) is 6. The summed E-state index contributed by atoms with van der Waals surface area (Å²) in [4.78, 5) is 15.1. The van der Waals surface area contributed by atoms with Crippen molar-refractivity contribution < 1.29 is 15.1 Å². The summed E-state index contributed by atoms with van der Waals surface area (Å²) >= 11 is 0. The molecule has 7 nitrogen and oxygen atoms in total. The van der Waals surface area contributed by atoms with Crippen LogP contribution in [-0.2, 0) is 4.74 Å². The smallest absolute Gasteiger partial charge is 0.351 e. The first kappa shape index (κ1) is 11.1. The van der Waals surface area contributed by atoms with Gasteiger partial charge in [0.2, 0.25) is 0 Å². The maximum absolute atomic E-state index is 11.5. The van der Waals surface area contributed by atoms with Crippen molar-refractivity contribution >= 4 is 5.82 Å². The van der Waals surface area contributed by atoms with Crippen molar-refractivity contribution in [3.8, 4) is 0 Å². The summed E-state index contributed by atoms with van der Waals surface area (Å²) in [6, 6.07) is 1.47. The molecule has 1 aliphatic heterocycles. The number of hydrogen-bond donors (Lipinski definition) is 3. The lowest BCUT2D eigenvalue weighted by Crippen LogP contribution is -2.27. The van der Waals surface area contributed by atoms with Crippen LogP contribution >= 0.6 is 0 Å². The molecule has 1 saturated heterocycles. The number of ether oxygens (including phenoxy) is 1. The van der Waals surface area contributed by atoms with Gasteiger partial charge in [0.15, 0.2) is 5.82 Å². The van der Waals surface area contributed by atoms with Crippen LogP contribution in [0.1, 0.15) is 19.1 Å². The van der Waals surface area contributed by atoms with Crippen LogP contribution in [0.3, 0.4) is 0 Å². The van der Waals surface area contributed by atoms with Crippen molar-refractivity contribution in [2.45, 2.75) is 25.2 Å². The SMILES string of the molecule is O=c1nc(NO)ccn1[C@H]1CC[C@H](CO)O1. The van der Waals surface area contributed by atoms with Gasteiger partial charge in [0.05, 0.1) is 12.7 Å². The molecule has 0 bridgehead atoms. The zero-order valence-corrected chi connectivity index (χ0v) is 8.54. The highest BCUT2D eigenvalue weighted by atomic mass is 16.5. The Morgan fingerprint density at radius 1 is 1.62 bits per heavy atom. The Balaban J connectivity index is 2.19. The molecule has 0 aromatic carbocycles. The summed E-state index contributed by atoms with van der Waals surface area (Å²) in [5.74, 6) is 0.0953. The van der Waals surface area contributed by atoms with Crippen LogP contribution in [0.4, 0.5) is 5.82 Å². The maximum atomic E-state index is 11.5. The van der Waals surface area contributed by atoms with Gasteiger partial charge in [0.25, 0.3) is 0 Å². The molecule has 0 saturated carbocycles. The summed E-state index contributed by atoms with van der Waals surface area (Å²) in [5.41, 5.74) is 1.30. The summed E-state index contributed by atoms with van der Waals surface area (Å²) in [6.07, 6.45) is 2.28. The van der Waals surface area contributed by atoms with Crippen LogP contribution < -0.4 is 11.2 Å². The van der Waals surface area contributed by atoms with Gasteiger partial charge in [-0.05, 0) is 18.9 Å². The second-order valence-corrected chi connectivity index (χ2v) is 3.59. The number of anilines is 1. The Kier molecular flexibility index (Phi) is 3.18. The van der Waals surface area contributed by atoms with Gasteiger partial charge in [-0.1, -0.05) is 0 Å². The normalized spacial score (nSPS) is 24.6. The quantitative estimate of drug-likeness (QED) is 0.614. The van der Waals surface area contributed by atoms with Crippen molar-refractivity contribution in [1.29, 1.82) is 0 Å². The number of rotatable bonds is 3. The fourth-order valence-corrected chi connectivity index (χ4v) is 1.72. The Hall–Kier alpha value is -1.44. The molecule has 16 heavy (non-hydrogen) atoms. The lowest BCUT2D eigenvalue weighted by Gasteiger charge is -2.14. The Bertz CT molecular complexity index is 419. The van der Waals surface area contributed by atoms with E-state index in [1.807, 2.05) is 0 Å². The molecule has 1 aromatic heterocycles. The van der Waals surface area contributed by atoms with Crippen LogP contribution in [0.15, 0.2) is 17.1 Å². The Morgan fingerprint density at radius 3 is 3.00 bits per heavy atom. The van der Waals surface area contributed by atoms with Gasteiger partial charge in [-0.15, -0.1) is 0 Å². The zero-order valence-electron chi connectivity index (χ0n) is 8.54. The molecular formula is C9H13N3O4. The van der Waals surface area contributed by atoms with E-state index in [0.29, 0.717) is 12.8 Å². The van der Waals surface area contributed by atoms with E-state index in [-0.39, 0.29) is 24.8 Å². The van der Waals surface area contributed by atoms with Gasteiger partial charge in [-0.2, -0.15) is 4.98 Å². The molecule has 3 N–H and O–H groups in total. The van der Waals surface area contributed by atoms with Crippen LogP contribution in [0.5, 0.6) is 0 Å². The maximum Gasteiger partial charge on any atom is 0.351 e. The molecule has 1 fully saturated rings. The third-order valence-corrected chi connectivity index (χ3v) is 2.54. The van der Waals surface area contributed by atoms with Crippen LogP contribution in [0, 0.1) is 0 Å². The van der Waals surface area contributed by atoms with E-state index < -0.39 is 5.69 Å². The third-order valence-electron chi connectivity index (χ3n) is 2.54. The molecule has 7 heteroatoms. The minimum absolute atomic E-state index is 0.0467. The first-order valence-corrected chi connectivity index (χ1v) is 5.00. The van der Waals surface area contributed by atoms with Gasteiger partial charge in [0, 0.05) is 6.20 Å². The molecule has 0 amide bonds. The molecule has 88 valence electrons. The van der Waals surface area contributed by atoms with Crippen molar-refractivity contribution in [3.63, 3.8) is 0 Å². The van der Waals surface area contributed by atoms with E-state index in [1.54, 1.807) is 5.48 Å². The zero-order chi connectivity index (χ0) is 11.5. The highest BCUT2D eigenvalue weighted by Gasteiger charge is 2.26. The van der Waals surface area contributed by atoms with E-state index >= 15 is 0 Å². The largest absolute Gasteiger partial charge is 0.394 e. The van der Waals surface area contributed by atoms with Crippen molar-refractivity contribution in [2.24, 2.45) is 0 Å². The van der Waals surface area contributed by atoms with E-state index in [2.05, 4.69) is 4.98 Å². The van der Waals surface area contributed by atoms with Gasteiger partial charge < -0.3 is 9.84 Å². The van der Waals surface area contributed by atoms with Gasteiger partial charge in [0.1, 0.15) is 6.23 Å². The van der Waals surface area contributed by atoms with Crippen molar-refractivity contribution in [2.75, 3.05) is 12.1 Å². The summed E-state index contributed by atoms with van der Waals surface area (Å²) < 4.78 is 6.78. The van der Waals surface area contributed by atoms with Gasteiger partial charge in [-0.25, -0.2) is 4.79 Å². The second kappa shape index (κ2) is 4.60. The lowest BCUT2D eigenvalue weighted by molar-refractivity contribution is -0.0245. The molecule has 2 rings (SSSR count). The first-order valence-electron chi connectivity index (χ1n) is 5.00. The highest BCUT2D eigenvalue weighted by molar-refractivity contribution is 5.27. The van der Waals surface area contributed by atoms with Crippen molar-refractivity contribution in [1.82, 2.24) is 9.55 Å². The lowest BCUT2D eigenvalue weighted by atomic mass is 10.2. The van der Waals surface area contributed by atoms with Gasteiger partial charge in [-0.3, -0.25) is 15.3 Å². The average molecular weight is 227 g/mol. The number of nitrogens with zero attached hydrogens (tertiary/aromatic N) is 2. The van der Waals surface area contributed by atoms with Crippen LogP contribution in [0.2, 0.25) is 0 Å². The summed E-state index contributed by atoms with van der Waals surface area (Å²) in [7, 11) is 0. The van der Waals surface area contributed by atoms with E-state index in [0.717, 1.165) is 0 Å². The fourth-order valence-electron chi connectivity index (χ4n) is 1.72.